The molecule has 2 N–H and O–H groups in total. The topological polar surface area (TPSA) is 66.4 Å². The number of aryl methyl sites for hydroxylation is 1. The van der Waals surface area contributed by atoms with Crippen LogP contribution in [0.3, 0.4) is 0 Å². The monoisotopic (exact) mass is 279 g/mol. The maximum Gasteiger partial charge on any atom is 0.305 e. The fraction of sp³-hybridized carbons (Fsp3) is 0.467. The predicted molar refractivity (Wildman–Crippen MR) is 72.1 cm³/mol. The van der Waals surface area contributed by atoms with Gasteiger partial charge in [-0.1, -0.05) is 12.8 Å². The molecular formula is C15H18FNO3. The van der Waals surface area contributed by atoms with Gasteiger partial charge in [0.25, 0.3) is 5.91 Å². The van der Waals surface area contributed by atoms with E-state index in [-0.39, 0.29) is 18.1 Å². The molecule has 1 saturated carbocycles. The van der Waals surface area contributed by atoms with E-state index in [0.717, 1.165) is 12.8 Å². The van der Waals surface area contributed by atoms with Gasteiger partial charge < -0.3 is 10.4 Å². The van der Waals surface area contributed by atoms with Crippen molar-refractivity contribution in [2.75, 3.05) is 0 Å². The van der Waals surface area contributed by atoms with Crippen molar-refractivity contribution < 1.29 is 19.1 Å². The van der Waals surface area contributed by atoms with Gasteiger partial charge in [0.05, 0.1) is 12.0 Å². The Balaban J connectivity index is 2.18. The lowest BCUT2D eigenvalue weighted by Gasteiger charge is -2.29. The van der Waals surface area contributed by atoms with E-state index in [9.17, 15) is 14.0 Å². The second-order valence-electron chi connectivity index (χ2n) is 5.47. The van der Waals surface area contributed by atoms with Crippen LogP contribution in [-0.4, -0.2) is 22.5 Å². The minimum absolute atomic E-state index is 0.0705. The van der Waals surface area contributed by atoms with E-state index in [0.29, 0.717) is 24.0 Å². The number of benzene rings is 1. The van der Waals surface area contributed by atoms with Crippen LogP contribution in [0.25, 0.3) is 0 Å². The number of aliphatic carboxylic acids is 1. The minimum Gasteiger partial charge on any atom is -0.481 e. The van der Waals surface area contributed by atoms with Gasteiger partial charge in [-0.15, -0.1) is 0 Å². The number of amides is 1. The summed E-state index contributed by atoms with van der Waals surface area (Å²) < 4.78 is 13.1. The zero-order valence-corrected chi connectivity index (χ0v) is 11.4. The quantitative estimate of drug-likeness (QED) is 0.890. The third-order valence-electron chi connectivity index (χ3n) is 3.86. The molecule has 1 fully saturated rings. The standard InChI is InChI=1S/C15H18FNO3/c1-10-8-11(16)4-5-12(10)14(20)17-15(9-13(18)19)6-2-3-7-15/h4-5,8H,2-3,6-7,9H2,1H3,(H,17,20)(H,18,19). The van der Waals surface area contributed by atoms with E-state index in [1.54, 1.807) is 6.92 Å². The van der Waals surface area contributed by atoms with E-state index in [1.165, 1.54) is 18.2 Å². The Labute approximate surface area is 117 Å². The number of hydrogen-bond donors (Lipinski definition) is 2. The number of halogens is 1. The van der Waals surface area contributed by atoms with Crippen molar-refractivity contribution >= 4 is 11.9 Å². The molecule has 0 spiro atoms. The van der Waals surface area contributed by atoms with Gasteiger partial charge in [0.2, 0.25) is 0 Å². The van der Waals surface area contributed by atoms with Gasteiger partial charge in [0, 0.05) is 5.56 Å². The molecule has 0 atom stereocenters. The Morgan fingerprint density at radius 1 is 1.35 bits per heavy atom. The molecule has 1 aromatic carbocycles. The molecule has 20 heavy (non-hydrogen) atoms. The molecule has 5 heteroatoms. The lowest BCUT2D eigenvalue weighted by Crippen LogP contribution is -2.48. The van der Waals surface area contributed by atoms with E-state index >= 15 is 0 Å². The number of carbonyl (C=O) groups is 2. The fourth-order valence-electron chi connectivity index (χ4n) is 2.88. The van der Waals surface area contributed by atoms with E-state index in [4.69, 9.17) is 5.11 Å². The molecule has 1 amide bonds. The molecule has 0 heterocycles. The highest BCUT2D eigenvalue weighted by Crippen LogP contribution is 2.33. The van der Waals surface area contributed by atoms with Crippen molar-refractivity contribution in [3.63, 3.8) is 0 Å². The molecule has 0 bridgehead atoms. The Kier molecular flexibility index (Phi) is 4.06. The van der Waals surface area contributed by atoms with Crippen molar-refractivity contribution in [1.82, 2.24) is 5.32 Å². The minimum atomic E-state index is -0.914. The number of nitrogens with one attached hydrogen (secondary N) is 1. The molecule has 0 unspecified atom stereocenters. The normalized spacial score (nSPS) is 16.9. The molecule has 1 aromatic rings. The maximum atomic E-state index is 13.1. The summed E-state index contributed by atoms with van der Waals surface area (Å²) >= 11 is 0. The van der Waals surface area contributed by atoms with Crippen LogP contribution in [-0.2, 0) is 4.79 Å². The molecule has 1 aliphatic carbocycles. The summed E-state index contributed by atoms with van der Waals surface area (Å²) in [7, 11) is 0. The summed E-state index contributed by atoms with van der Waals surface area (Å²) in [5.74, 6) is -1.63. The van der Waals surface area contributed by atoms with Crippen LogP contribution < -0.4 is 5.32 Å². The first kappa shape index (κ1) is 14.5. The summed E-state index contributed by atoms with van der Waals surface area (Å²) in [4.78, 5) is 23.3. The molecule has 108 valence electrons. The summed E-state index contributed by atoms with van der Waals surface area (Å²) in [6.45, 7) is 1.66. The number of carbonyl (C=O) groups excluding carboxylic acids is 1. The summed E-state index contributed by atoms with van der Waals surface area (Å²) in [5.41, 5.74) is 0.276. The van der Waals surface area contributed by atoms with Crippen LogP contribution >= 0.6 is 0 Å². The SMILES string of the molecule is Cc1cc(F)ccc1C(=O)NC1(CC(=O)O)CCCC1. The van der Waals surface area contributed by atoms with Gasteiger partial charge in [-0.2, -0.15) is 0 Å². The molecule has 0 aromatic heterocycles. The number of rotatable bonds is 4. The summed E-state index contributed by atoms with van der Waals surface area (Å²) in [6.07, 6.45) is 3.10. The van der Waals surface area contributed by atoms with Gasteiger partial charge in [-0.3, -0.25) is 9.59 Å². The van der Waals surface area contributed by atoms with Gasteiger partial charge in [-0.05, 0) is 43.5 Å². The lowest BCUT2D eigenvalue weighted by molar-refractivity contribution is -0.138. The highest BCUT2D eigenvalue weighted by molar-refractivity contribution is 5.96. The first-order chi connectivity index (χ1) is 9.42. The third kappa shape index (κ3) is 3.15. The lowest BCUT2D eigenvalue weighted by atomic mass is 9.92. The highest BCUT2D eigenvalue weighted by Gasteiger charge is 2.37. The van der Waals surface area contributed by atoms with Crippen LogP contribution in [0.15, 0.2) is 18.2 Å². The van der Waals surface area contributed by atoms with Crippen LogP contribution in [0.5, 0.6) is 0 Å². The molecule has 4 nitrogen and oxygen atoms in total. The van der Waals surface area contributed by atoms with E-state index in [2.05, 4.69) is 5.32 Å². The van der Waals surface area contributed by atoms with Crippen LogP contribution in [0, 0.1) is 12.7 Å². The smallest absolute Gasteiger partial charge is 0.305 e. The second kappa shape index (κ2) is 5.61. The third-order valence-corrected chi connectivity index (χ3v) is 3.86. The molecule has 0 saturated heterocycles. The Morgan fingerprint density at radius 2 is 2.00 bits per heavy atom. The number of carboxylic acid groups (broad SMARTS) is 1. The van der Waals surface area contributed by atoms with Crippen LogP contribution in [0.1, 0.15) is 48.0 Å². The largest absolute Gasteiger partial charge is 0.481 e. The fourth-order valence-corrected chi connectivity index (χ4v) is 2.88. The average Bonchev–Trinajstić information content (AvgIpc) is 2.75. The van der Waals surface area contributed by atoms with Gasteiger partial charge in [0.15, 0.2) is 0 Å². The van der Waals surface area contributed by atoms with E-state index < -0.39 is 11.5 Å². The van der Waals surface area contributed by atoms with Gasteiger partial charge in [-0.25, -0.2) is 4.39 Å². The number of carboxylic acids is 1. The van der Waals surface area contributed by atoms with Crippen molar-refractivity contribution in [1.29, 1.82) is 0 Å². The molecule has 0 aliphatic heterocycles. The van der Waals surface area contributed by atoms with Gasteiger partial charge >= 0.3 is 5.97 Å². The van der Waals surface area contributed by atoms with Crippen LogP contribution in [0.2, 0.25) is 0 Å². The average molecular weight is 279 g/mol. The van der Waals surface area contributed by atoms with Crippen molar-refractivity contribution in [3.8, 4) is 0 Å². The van der Waals surface area contributed by atoms with Crippen molar-refractivity contribution in [3.05, 3.63) is 35.1 Å². The second-order valence-corrected chi connectivity index (χ2v) is 5.47. The molecular weight excluding hydrogens is 261 g/mol. The zero-order chi connectivity index (χ0) is 14.8. The zero-order valence-electron chi connectivity index (χ0n) is 11.4. The highest BCUT2D eigenvalue weighted by atomic mass is 19.1. The number of hydrogen-bond acceptors (Lipinski definition) is 2. The summed E-state index contributed by atoms with van der Waals surface area (Å²) in [5, 5.41) is 11.9. The Morgan fingerprint density at radius 3 is 2.55 bits per heavy atom. The molecule has 0 radical (unpaired) electrons. The first-order valence-corrected chi connectivity index (χ1v) is 6.72. The first-order valence-electron chi connectivity index (χ1n) is 6.72. The predicted octanol–water partition coefficient (Wildman–Crippen LogP) is 2.65. The van der Waals surface area contributed by atoms with E-state index in [1.807, 2.05) is 0 Å². The molecule has 2 rings (SSSR count). The maximum absolute atomic E-state index is 13.1. The molecule has 1 aliphatic rings. The van der Waals surface area contributed by atoms with Crippen LogP contribution in [0.4, 0.5) is 4.39 Å². The van der Waals surface area contributed by atoms with Crippen molar-refractivity contribution in [2.24, 2.45) is 0 Å². The summed E-state index contributed by atoms with van der Waals surface area (Å²) in [6, 6.07) is 3.97. The van der Waals surface area contributed by atoms with Crippen molar-refractivity contribution in [2.45, 2.75) is 44.6 Å². The Bertz CT molecular complexity index is 536. The van der Waals surface area contributed by atoms with Gasteiger partial charge in [0.1, 0.15) is 5.82 Å². The Hall–Kier alpha value is -1.91.